The van der Waals surface area contributed by atoms with E-state index < -0.39 is 0 Å². The van der Waals surface area contributed by atoms with Crippen molar-refractivity contribution in [1.82, 2.24) is 9.97 Å². The maximum absolute atomic E-state index is 12.4. The molecule has 0 aromatic carbocycles. The van der Waals surface area contributed by atoms with Gasteiger partial charge in [0.25, 0.3) is 0 Å². The lowest BCUT2D eigenvalue weighted by Crippen LogP contribution is -2.45. The first-order valence-corrected chi connectivity index (χ1v) is 11.2. The first-order chi connectivity index (χ1) is 15.4. The number of rotatable bonds is 4. The summed E-state index contributed by atoms with van der Waals surface area (Å²) in [4.78, 5) is 25.8. The van der Waals surface area contributed by atoms with Crippen LogP contribution in [0.4, 0.5) is 27.8 Å². The number of morpholine rings is 2. The Balaban J connectivity index is 1.31. The van der Waals surface area contributed by atoms with Crippen molar-refractivity contribution in [3.8, 4) is 0 Å². The second kappa shape index (κ2) is 9.70. The molecule has 4 rings (SSSR count). The van der Waals surface area contributed by atoms with Gasteiger partial charge in [0, 0.05) is 26.2 Å². The smallest absolute Gasteiger partial charge is 0.323 e. The standard InChI is InChI=1S/C23H32N6O3/c1-15-11-28(12-16(2)31-15)21-7-5-19(9-24-21)26-23(30)27-20-6-8-22(25-10-20)29-13-17(3)32-18(4)14-29/h5-10,15-18H,11-14H2,1-4H3,(H2,26,27,30)/t15-,16-,17+,18+. The highest BCUT2D eigenvalue weighted by Gasteiger charge is 2.24. The number of nitrogens with zero attached hydrogens (tertiary/aromatic N) is 4. The van der Waals surface area contributed by atoms with Gasteiger partial charge in [-0.3, -0.25) is 0 Å². The number of anilines is 4. The van der Waals surface area contributed by atoms with Crippen LogP contribution in [-0.4, -0.2) is 66.6 Å². The molecule has 2 amide bonds. The van der Waals surface area contributed by atoms with E-state index in [0.29, 0.717) is 11.4 Å². The molecule has 2 aromatic heterocycles. The van der Waals surface area contributed by atoms with E-state index in [1.165, 1.54) is 0 Å². The van der Waals surface area contributed by atoms with Crippen molar-refractivity contribution < 1.29 is 14.3 Å². The van der Waals surface area contributed by atoms with Crippen LogP contribution in [0.1, 0.15) is 27.7 Å². The number of carbonyl (C=O) groups is 1. The Labute approximate surface area is 189 Å². The molecule has 2 aliphatic rings. The lowest BCUT2D eigenvalue weighted by Gasteiger charge is -2.36. The summed E-state index contributed by atoms with van der Waals surface area (Å²) < 4.78 is 11.5. The second-order valence-electron chi connectivity index (χ2n) is 8.71. The van der Waals surface area contributed by atoms with Crippen LogP contribution in [0.3, 0.4) is 0 Å². The van der Waals surface area contributed by atoms with Crippen LogP contribution in [0.5, 0.6) is 0 Å². The van der Waals surface area contributed by atoms with E-state index in [4.69, 9.17) is 9.47 Å². The fraction of sp³-hybridized carbons (Fsp3) is 0.522. The number of amides is 2. The Morgan fingerprint density at radius 1 is 0.750 bits per heavy atom. The van der Waals surface area contributed by atoms with Crippen molar-refractivity contribution in [3.05, 3.63) is 36.7 Å². The summed E-state index contributed by atoms with van der Waals surface area (Å²) in [5, 5.41) is 5.63. The quantitative estimate of drug-likeness (QED) is 0.753. The number of nitrogens with one attached hydrogen (secondary N) is 2. The third-order valence-electron chi connectivity index (χ3n) is 5.50. The largest absolute Gasteiger partial charge is 0.372 e. The van der Waals surface area contributed by atoms with Crippen molar-refractivity contribution in [2.75, 3.05) is 46.6 Å². The molecule has 2 fully saturated rings. The molecule has 2 saturated heterocycles. The van der Waals surface area contributed by atoms with Gasteiger partial charge >= 0.3 is 6.03 Å². The van der Waals surface area contributed by atoms with Crippen LogP contribution in [0.25, 0.3) is 0 Å². The van der Waals surface area contributed by atoms with Gasteiger partial charge in [0.15, 0.2) is 0 Å². The van der Waals surface area contributed by atoms with Gasteiger partial charge in [0.1, 0.15) is 11.6 Å². The van der Waals surface area contributed by atoms with Crippen molar-refractivity contribution in [2.45, 2.75) is 52.1 Å². The molecule has 9 heteroatoms. The average Bonchev–Trinajstić information content (AvgIpc) is 2.73. The molecule has 0 saturated carbocycles. The van der Waals surface area contributed by atoms with Crippen molar-refractivity contribution in [1.29, 1.82) is 0 Å². The summed E-state index contributed by atoms with van der Waals surface area (Å²) in [5.41, 5.74) is 1.25. The molecular formula is C23H32N6O3. The Hall–Kier alpha value is -2.91. The van der Waals surface area contributed by atoms with Crippen LogP contribution in [0.2, 0.25) is 0 Å². The summed E-state index contributed by atoms with van der Waals surface area (Å²) in [6, 6.07) is 7.21. The number of carbonyl (C=O) groups excluding carboxylic acids is 1. The van der Waals surface area contributed by atoms with Crippen molar-refractivity contribution >= 4 is 29.0 Å². The summed E-state index contributed by atoms with van der Waals surface area (Å²) >= 11 is 0. The molecule has 0 radical (unpaired) electrons. The minimum Gasteiger partial charge on any atom is -0.372 e. The number of aromatic nitrogens is 2. The van der Waals surface area contributed by atoms with Gasteiger partial charge in [-0.25, -0.2) is 14.8 Å². The van der Waals surface area contributed by atoms with E-state index in [2.05, 4.69) is 58.1 Å². The number of hydrogen-bond donors (Lipinski definition) is 2. The molecule has 4 heterocycles. The van der Waals surface area contributed by atoms with Crippen LogP contribution in [0.15, 0.2) is 36.7 Å². The minimum atomic E-state index is -0.337. The first-order valence-electron chi connectivity index (χ1n) is 11.2. The molecule has 0 aliphatic carbocycles. The number of urea groups is 1. The zero-order valence-electron chi connectivity index (χ0n) is 19.1. The SMILES string of the molecule is C[C@@H]1CN(c2ccc(NC(=O)Nc3ccc(N4C[C@H](C)O[C@@H](C)C4)nc3)cn2)C[C@@H](C)O1. The Bertz CT molecular complexity index is 813. The number of ether oxygens (including phenoxy) is 2. The second-order valence-corrected chi connectivity index (χ2v) is 8.71. The van der Waals surface area contributed by atoms with E-state index in [1.807, 2.05) is 24.3 Å². The monoisotopic (exact) mass is 440 g/mol. The highest BCUT2D eigenvalue weighted by Crippen LogP contribution is 2.21. The molecule has 2 aliphatic heterocycles. The Kier molecular flexibility index (Phi) is 6.76. The summed E-state index contributed by atoms with van der Waals surface area (Å²) in [7, 11) is 0. The van der Waals surface area contributed by atoms with E-state index in [0.717, 1.165) is 37.8 Å². The van der Waals surface area contributed by atoms with Crippen molar-refractivity contribution in [2.24, 2.45) is 0 Å². The summed E-state index contributed by atoms with van der Waals surface area (Å²) in [6.07, 6.45) is 4.00. The van der Waals surface area contributed by atoms with Gasteiger partial charge < -0.3 is 29.9 Å². The topological polar surface area (TPSA) is 91.9 Å². The van der Waals surface area contributed by atoms with Gasteiger partial charge in [0.2, 0.25) is 0 Å². The Morgan fingerprint density at radius 3 is 1.44 bits per heavy atom. The predicted octanol–water partition coefficient (Wildman–Crippen LogP) is 3.35. The van der Waals surface area contributed by atoms with Gasteiger partial charge in [-0.2, -0.15) is 0 Å². The minimum absolute atomic E-state index is 0.166. The molecular weight excluding hydrogens is 408 g/mol. The molecule has 9 nitrogen and oxygen atoms in total. The zero-order valence-corrected chi connectivity index (χ0v) is 19.1. The molecule has 2 aromatic rings. The lowest BCUT2D eigenvalue weighted by atomic mass is 10.2. The highest BCUT2D eigenvalue weighted by molar-refractivity contribution is 5.99. The van der Waals surface area contributed by atoms with E-state index in [9.17, 15) is 4.79 Å². The van der Waals surface area contributed by atoms with Crippen LogP contribution >= 0.6 is 0 Å². The fourth-order valence-corrected chi connectivity index (χ4v) is 4.32. The van der Waals surface area contributed by atoms with Gasteiger partial charge in [-0.15, -0.1) is 0 Å². The van der Waals surface area contributed by atoms with Crippen LogP contribution in [-0.2, 0) is 9.47 Å². The first kappa shape index (κ1) is 22.3. The van der Waals surface area contributed by atoms with Crippen molar-refractivity contribution in [3.63, 3.8) is 0 Å². The van der Waals surface area contributed by atoms with Crippen LogP contribution in [0, 0.1) is 0 Å². The Morgan fingerprint density at radius 2 is 1.12 bits per heavy atom. The highest BCUT2D eigenvalue weighted by atomic mass is 16.5. The normalized spacial score (nSPS) is 26.0. The molecule has 172 valence electrons. The van der Waals surface area contributed by atoms with Crippen LogP contribution < -0.4 is 20.4 Å². The average molecular weight is 441 g/mol. The van der Waals surface area contributed by atoms with E-state index >= 15 is 0 Å². The van der Waals surface area contributed by atoms with Gasteiger partial charge in [-0.1, -0.05) is 0 Å². The maximum atomic E-state index is 12.4. The molecule has 2 N–H and O–H groups in total. The lowest BCUT2D eigenvalue weighted by molar-refractivity contribution is -0.00572. The third kappa shape index (κ3) is 5.66. The maximum Gasteiger partial charge on any atom is 0.323 e. The molecule has 0 bridgehead atoms. The molecule has 0 unspecified atom stereocenters. The fourth-order valence-electron chi connectivity index (χ4n) is 4.32. The third-order valence-corrected chi connectivity index (χ3v) is 5.50. The van der Waals surface area contributed by atoms with E-state index in [-0.39, 0.29) is 30.4 Å². The molecule has 32 heavy (non-hydrogen) atoms. The van der Waals surface area contributed by atoms with E-state index in [1.54, 1.807) is 12.4 Å². The van der Waals surface area contributed by atoms with Gasteiger partial charge in [0.05, 0.1) is 48.2 Å². The van der Waals surface area contributed by atoms with Gasteiger partial charge in [-0.05, 0) is 52.0 Å². The predicted molar refractivity (Wildman–Crippen MR) is 126 cm³/mol. The molecule has 4 atom stereocenters. The zero-order chi connectivity index (χ0) is 22.7. The molecule has 0 spiro atoms. The number of pyridine rings is 2. The summed E-state index contributed by atoms with van der Waals surface area (Å²) in [5.74, 6) is 1.76. The number of hydrogen-bond acceptors (Lipinski definition) is 7. The summed E-state index contributed by atoms with van der Waals surface area (Å²) in [6.45, 7) is 11.5.